The Labute approximate surface area is 117 Å². The Kier molecular flexibility index (Phi) is 4.30. The van der Waals surface area contributed by atoms with E-state index in [1.165, 1.54) is 12.1 Å². The molecule has 0 unspecified atom stereocenters. The van der Waals surface area contributed by atoms with Crippen LogP contribution in [0.25, 0.3) is 0 Å². The number of aryl methyl sites for hydroxylation is 2. The van der Waals surface area contributed by atoms with Gasteiger partial charge >= 0.3 is 0 Å². The second-order valence-electron chi connectivity index (χ2n) is 4.69. The molecule has 20 heavy (non-hydrogen) atoms. The molecule has 2 aromatic rings. The van der Waals surface area contributed by atoms with Crippen LogP contribution in [-0.4, -0.2) is 15.5 Å². The SMILES string of the molecule is Cc1cc(=O)cc(C)n1CC(=O)NCc1ccncc1. The molecule has 0 radical (unpaired) electrons. The highest BCUT2D eigenvalue weighted by molar-refractivity contribution is 5.75. The molecule has 0 spiro atoms. The van der Waals surface area contributed by atoms with E-state index in [1.807, 2.05) is 30.5 Å². The van der Waals surface area contributed by atoms with E-state index >= 15 is 0 Å². The second-order valence-corrected chi connectivity index (χ2v) is 4.69. The maximum atomic E-state index is 11.9. The van der Waals surface area contributed by atoms with Crippen molar-refractivity contribution in [2.75, 3.05) is 0 Å². The molecule has 0 aliphatic rings. The van der Waals surface area contributed by atoms with E-state index in [-0.39, 0.29) is 17.9 Å². The van der Waals surface area contributed by atoms with Crippen molar-refractivity contribution < 1.29 is 4.79 Å². The van der Waals surface area contributed by atoms with Crippen LogP contribution in [0.2, 0.25) is 0 Å². The standard InChI is InChI=1S/C15H17N3O2/c1-11-7-14(19)8-12(2)18(11)10-15(20)17-9-13-3-5-16-6-4-13/h3-8H,9-10H2,1-2H3,(H,17,20). The predicted octanol–water partition coefficient (Wildman–Crippen LogP) is 1.18. The zero-order valence-corrected chi connectivity index (χ0v) is 11.6. The number of rotatable bonds is 4. The minimum Gasteiger partial charge on any atom is -0.350 e. The molecule has 2 rings (SSSR count). The summed E-state index contributed by atoms with van der Waals surface area (Å²) in [7, 11) is 0. The van der Waals surface area contributed by atoms with Gasteiger partial charge in [0, 0.05) is 42.5 Å². The van der Waals surface area contributed by atoms with Crippen molar-refractivity contribution in [3.63, 3.8) is 0 Å². The van der Waals surface area contributed by atoms with Gasteiger partial charge < -0.3 is 9.88 Å². The average Bonchev–Trinajstić information content (AvgIpc) is 2.42. The second kappa shape index (κ2) is 6.14. The fourth-order valence-corrected chi connectivity index (χ4v) is 2.04. The first-order chi connectivity index (χ1) is 9.56. The summed E-state index contributed by atoms with van der Waals surface area (Å²) in [6.07, 6.45) is 3.38. The normalized spacial score (nSPS) is 10.3. The van der Waals surface area contributed by atoms with Crippen molar-refractivity contribution in [3.05, 3.63) is 63.8 Å². The third kappa shape index (κ3) is 3.54. The zero-order chi connectivity index (χ0) is 14.5. The van der Waals surface area contributed by atoms with Gasteiger partial charge in [-0.15, -0.1) is 0 Å². The molecule has 5 heteroatoms. The minimum atomic E-state index is -0.0864. The molecule has 1 amide bonds. The highest BCUT2D eigenvalue weighted by Gasteiger charge is 2.07. The number of amides is 1. The number of carbonyl (C=O) groups excluding carboxylic acids is 1. The van der Waals surface area contributed by atoms with Crippen molar-refractivity contribution in [1.29, 1.82) is 0 Å². The van der Waals surface area contributed by atoms with E-state index in [4.69, 9.17) is 0 Å². The highest BCUT2D eigenvalue weighted by atomic mass is 16.2. The Bertz CT molecular complexity index is 636. The van der Waals surface area contributed by atoms with Gasteiger partial charge in [-0.25, -0.2) is 0 Å². The monoisotopic (exact) mass is 271 g/mol. The lowest BCUT2D eigenvalue weighted by atomic mass is 10.2. The number of hydrogen-bond acceptors (Lipinski definition) is 3. The van der Waals surface area contributed by atoms with E-state index in [9.17, 15) is 9.59 Å². The lowest BCUT2D eigenvalue weighted by molar-refractivity contribution is -0.121. The van der Waals surface area contributed by atoms with Crippen molar-refractivity contribution in [2.45, 2.75) is 26.9 Å². The molecule has 0 aliphatic heterocycles. The molecule has 2 aromatic heterocycles. The summed E-state index contributed by atoms with van der Waals surface area (Å²) in [4.78, 5) is 27.2. The number of pyridine rings is 2. The van der Waals surface area contributed by atoms with Gasteiger partial charge in [0.2, 0.25) is 5.91 Å². The molecule has 0 aliphatic carbocycles. The maximum Gasteiger partial charge on any atom is 0.240 e. The lowest BCUT2D eigenvalue weighted by Gasteiger charge is -2.14. The van der Waals surface area contributed by atoms with Gasteiger partial charge in [0.25, 0.3) is 0 Å². The molecule has 104 valence electrons. The van der Waals surface area contributed by atoms with Crippen molar-refractivity contribution in [1.82, 2.24) is 14.9 Å². The van der Waals surface area contributed by atoms with E-state index < -0.39 is 0 Å². The molecule has 0 bridgehead atoms. The van der Waals surface area contributed by atoms with Gasteiger partial charge in [-0.1, -0.05) is 0 Å². The first-order valence-corrected chi connectivity index (χ1v) is 6.40. The first-order valence-electron chi connectivity index (χ1n) is 6.40. The van der Waals surface area contributed by atoms with Gasteiger partial charge in [0.1, 0.15) is 6.54 Å². The molecular formula is C15H17N3O2. The summed E-state index contributed by atoms with van der Waals surface area (Å²) >= 11 is 0. The quantitative estimate of drug-likeness (QED) is 0.908. The lowest BCUT2D eigenvalue weighted by Crippen LogP contribution is -2.29. The average molecular weight is 271 g/mol. The molecular weight excluding hydrogens is 254 g/mol. The maximum absolute atomic E-state index is 11.9. The fraction of sp³-hybridized carbons (Fsp3) is 0.267. The third-order valence-corrected chi connectivity index (χ3v) is 3.09. The van der Waals surface area contributed by atoms with Crippen molar-refractivity contribution in [3.8, 4) is 0 Å². The Balaban J connectivity index is 2.00. The largest absolute Gasteiger partial charge is 0.350 e. The van der Waals surface area contributed by atoms with Crippen LogP contribution >= 0.6 is 0 Å². The van der Waals surface area contributed by atoms with E-state index in [0.29, 0.717) is 6.54 Å². The smallest absolute Gasteiger partial charge is 0.240 e. The Morgan fingerprint density at radius 2 is 1.80 bits per heavy atom. The molecule has 2 heterocycles. The summed E-state index contributed by atoms with van der Waals surface area (Å²) in [6, 6.07) is 6.78. The van der Waals surface area contributed by atoms with Gasteiger partial charge in [-0.3, -0.25) is 14.6 Å². The summed E-state index contributed by atoms with van der Waals surface area (Å²) in [6.45, 7) is 4.33. The van der Waals surface area contributed by atoms with Crippen LogP contribution in [-0.2, 0) is 17.9 Å². The van der Waals surface area contributed by atoms with Crippen molar-refractivity contribution in [2.24, 2.45) is 0 Å². The number of nitrogens with zero attached hydrogens (tertiary/aromatic N) is 2. The van der Waals surface area contributed by atoms with Gasteiger partial charge in [-0.05, 0) is 31.5 Å². The van der Waals surface area contributed by atoms with E-state index in [0.717, 1.165) is 17.0 Å². The first kappa shape index (κ1) is 14.0. The molecule has 0 aromatic carbocycles. The highest BCUT2D eigenvalue weighted by Crippen LogP contribution is 2.01. The van der Waals surface area contributed by atoms with Crippen LogP contribution in [0.1, 0.15) is 17.0 Å². The summed E-state index contributed by atoms with van der Waals surface area (Å²) < 4.78 is 1.82. The number of aromatic nitrogens is 2. The van der Waals surface area contributed by atoms with Crippen LogP contribution in [0.5, 0.6) is 0 Å². The van der Waals surface area contributed by atoms with Gasteiger partial charge in [-0.2, -0.15) is 0 Å². The third-order valence-electron chi connectivity index (χ3n) is 3.09. The van der Waals surface area contributed by atoms with E-state index in [2.05, 4.69) is 10.3 Å². The number of nitrogens with one attached hydrogen (secondary N) is 1. The molecule has 1 N–H and O–H groups in total. The van der Waals surface area contributed by atoms with Crippen molar-refractivity contribution >= 4 is 5.91 Å². The molecule has 0 fully saturated rings. The Morgan fingerprint density at radius 3 is 2.40 bits per heavy atom. The topological polar surface area (TPSA) is 64.0 Å². The number of carbonyl (C=O) groups is 1. The zero-order valence-electron chi connectivity index (χ0n) is 11.6. The van der Waals surface area contributed by atoms with Crippen LogP contribution < -0.4 is 10.7 Å². The van der Waals surface area contributed by atoms with Gasteiger partial charge in [0.05, 0.1) is 0 Å². The number of hydrogen-bond donors (Lipinski definition) is 1. The van der Waals surface area contributed by atoms with Crippen LogP contribution in [0.4, 0.5) is 0 Å². The van der Waals surface area contributed by atoms with Gasteiger partial charge in [0.15, 0.2) is 5.43 Å². The Hall–Kier alpha value is -2.43. The summed E-state index contributed by atoms with van der Waals surface area (Å²) in [5.74, 6) is -0.0864. The molecule has 0 saturated carbocycles. The predicted molar refractivity (Wildman–Crippen MR) is 76.3 cm³/mol. The minimum absolute atomic E-state index is 0.0338. The summed E-state index contributed by atoms with van der Waals surface area (Å²) in [5.41, 5.74) is 2.54. The van der Waals surface area contributed by atoms with E-state index in [1.54, 1.807) is 12.4 Å². The summed E-state index contributed by atoms with van der Waals surface area (Å²) in [5, 5.41) is 2.85. The fourth-order valence-electron chi connectivity index (χ4n) is 2.04. The molecule has 0 atom stereocenters. The molecule has 0 saturated heterocycles. The van der Waals surface area contributed by atoms with Crippen LogP contribution in [0.15, 0.2) is 41.5 Å². The van der Waals surface area contributed by atoms with Crippen LogP contribution in [0, 0.1) is 13.8 Å². The Morgan fingerprint density at radius 1 is 1.20 bits per heavy atom. The van der Waals surface area contributed by atoms with Crippen LogP contribution in [0.3, 0.4) is 0 Å². The molecule has 5 nitrogen and oxygen atoms in total.